The van der Waals surface area contributed by atoms with Gasteiger partial charge in [0.2, 0.25) is 0 Å². The van der Waals surface area contributed by atoms with Gasteiger partial charge >= 0.3 is 0 Å². The fourth-order valence-corrected chi connectivity index (χ4v) is 3.55. The summed E-state index contributed by atoms with van der Waals surface area (Å²) < 4.78 is 7.69. The lowest BCUT2D eigenvalue weighted by Gasteiger charge is -2.11. The Balaban J connectivity index is 1.38. The number of nitrogens with one attached hydrogen (secondary N) is 2. The lowest BCUT2D eigenvalue weighted by atomic mass is 10.1. The molecule has 0 spiro atoms. The van der Waals surface area contributed by atoms with Crippen LogP contribution in [0.5, 0.6) is 5.75 Å². The maximum absolute atomic E-state index is 5.58. The molecule has 3 aromatic rings. The van der Waals surface area contributed by atoms with Gasteiger partial charge in [-0.1, -0.05) is 24.3 Å². The van der Waals surface area contributed by atoms with Gasteiger partial charge < -0.3 is 19.9 Å². The van der Waals surface area contributed by atoms with Crippen LogP contribution in [0.25, 0.3) is 11.0 Å². The van der Waals surface area contributed by atoms with Crippen LogP contribution < -0.4 is 15.4 Å². The Kier molecular flexibility index (Phi) is 5.46. The van der Waals surface area contributed by atoms with Crippen LogP contribution >= 0.6 is 0 Å². The van der Waals surface area contributed by atoms with Crippen molar-refractivity contribution in [2.45, 2.75) is 26.3 Å². The number of benzene rings is 2. The molecule has 2 aromatic carbocycles. The number of para-hydroxylation sites is 2. The van der Waals surface area contributed by atoms with Crippen molar-refractivity contribution in [2.75, 3.05) is 19.7 Å². The molecule has 1 aliphatic rings. The Labute approximate surface area is 165 Å². The summed E-state index contributed by atoms with van der Waals surface area (Å²) in [6.45, 7) is 5.07. The topological polar surface area (TPSA) is 63.5 Å². The predicted molar refractivity (Wildman–Crippen MR) is 113 cm³/mol. The molecule has 6 nitrogen and oxygen atoms in total. The molecule has 0 amide bonds. The number of aliphatic imine (C=N–C) groups is 1. The Bertz CT molecular complexity index is 992. The fourth-order valence-electron chi connectivity index (χ4n) is 3.55. The number of aromatic nitrogens is 2. The molecule has 0 saturated carbocycles. The molecule has 0 saturated heterocycles. The quantitative estimate of drug-likeness (QED) is 0.512. The summed E-state index contributed by atoms with van der Waals surface area (Å²) in [4.78, 5) is 9.41. The second kappa shape index (κ2) is 8.33. The van der Waals surface area contributed by atoms with E-state index in [4.69, 9.17) is 14.7 Å². The second-order valence-corrected chi connectivity index (χ2v) is 6.99. The normalized spacial score (nSPS) is 13.4. The monoisotopic (exact) mass is 377 g/mol. The van der Waals surface area contributed by atoms with Crippen molar-refractivity contribution in [3.63, 3.8) is 0 Å². The highest BCUT2D eigenvalue weighted by Gasteiger charge is 2.12. The van der Waals surface area contributed by atoms with E-state index in [-0.39, 0.29) is 0 Å². The van der Waals surface area contributed by atoms with Crippen LogP contribution in [0.4, 0.5) is 0 Å². The predicted octanol–water partition coefficient (Wildman–Crippen LogP) is 2.81. The Morgan fingerprint density at radius 1 is 1.21 bits per heavy atom. The zero-order valence-corrected chi connectivity index (χ0v) is 16.5. The Morgan fingerprint density at radius 2 is 2.11 bits per heavy atom. The molecule has 0 fully saturated rings. The van der Waals surface area contributed by atoms with E-state index in [1.165, 1.54) is 11.1 Å². The molecule has 4 rings (SSSR count). The molecule has 0 atom stereocenters. The van der Waals surface area contributed by atoms with Crippen molar-refractivity contribution < 1.29 is 4.74 Å². The van der Waals surface area contributed by atoms with Crippen molar-refractivity contribution >= 4 is 17.0 Å². The van der Waals surface area contributed by atoms with Crippen LogP contribution in [0.15, 0.2) is 47.5 Å². The van der Waals surface area contributed by atoms with E-state index in [0.29, 0.717) is 6.54 Å². The minimum Gasteiger partial charge on any atom is -0.493 e. The maximum atomic E-state index is 5.58. The fraction of sp³-hybridized carbons (Fsp3) is 0.364. The number of fused-ring (bicyclic) bond motifs is 2. The average molecular weight is 377 g/mol. The third-order valence-corrected chi connectivity index (χ3v) is 5.06. The lowest BCUT2D eigenvalue weighted by molar-refractivity contribution is 0.357. The van der Waals surface area contributed by atoms with E-state index in [9.17, 15) is 0 Å². The number of hydrogen-bond acceptors (Lipinski definition) is 3. The van der Waals surface area contributed by atoms with E-state index < -0.39 is 0 Å². The molecule has 1 aliphatic heterocycles. The number of hydrogen-bond donors (Lipinski definition) is 2. The summed E-state index contributed by atoms with van der Waals surface area (Å²) in [5.41, 5.74) is 4.78. The summed E-state index contributed by atoms with van der Waals surface area (Å²) in [5, 5.41) is 6.75. The van der Waals surface area contributed by atoms with E-state index >= 15 is 0 Å². The van der Waals surface area contributed by atoms with Gasteiger partial charge in [0.15, 0.2) is 5.96 Å². The van der Waals surface area contributed by atoms with Crippen LogP contribution in [-0.4, -0.2) is 35.2 Å². The molecular formula is C22H27N5O. The summed E-state index contributed by atoms with van der Waals surface area (Å²) in [6.07, 6.45) is 1.96. The minimum absolute atomic E-state index is 0.538. The van der Waals surface area contributed by atoms with Crippen LogP contribution in [0.2, 0.25) is 0 Å². The first-order valence-electron chi connectivity index (χ1n) is 9.91. The molecule has 28 heavy (non-hydrogen) atoms. The summed E-state index contributed by atoms with van der Waals surface area (Å²) in [6, 6.07) is 14.7. The molecule has 0 aliphatic carbocycles. The highest BCUT2D eigenvalue weighted by Crippen LogP contribution is 2.25. The summed E-state index contributed by atoms with van der Waals surface area (Å²) in [5.74, 6) is 2.81. The van der Waals surface area contributed by atoms with Crippen LogP contribution in [0.1, 0.15) is 23.9 Å². The van der Waals surface area contributed by atoms with Crippen molar-refractivity contribution in [2.24, 2.45) is 12.0 Å². The van der Waals surface area contributed by atoms with Crippen LogP contribution in [-0.2, 0) is 26.4 Å². The van der Waals surface area contributed by atoms with E-state index in [0.717, 1.165) is 61.1 Å². The second-order valence-electron chi connectivity index (χ2n) is 6.99. The van der Waals surface area contributed by atoms with Crippen LogP contribution in [0, 0.1) is 0 Å². The molecular weight excluding hydrogens is 350 g/mol. The summed E-state index contributed by atoms with van der Waals surface area (Å²) >= 11 is 0. The highest BCUT2D eigenvalue weighted by atomic mass is 16.5. The van der Waals surface area contributed by atoms with E-state index in [1.54, 1.807) is 0 Å². The smallest absolute Gasteiger partial charge is 0.191 e. The number of ether oxygens (including phenoxy) is 1. The first-order chi connectivity index (χ1) is 13.7. The van der Waals surface area contributed by atoms with Crippen molar-refractivity contribution in [1.82, 2.24) is 20.2 Å². The third kappa shape index (κ3) is 3.96. The Hall–Kier alpha value is -3.02. The zero-order valence-electron chi connectivity index (χ0n) is 16.5. The van der Waals surface area contributed by atoms with Crippen molar-refractivity contribution in [3.05, 3.63) is 59.4 Å². The van der Waals surface area contributed by atoms with Gasteiger partial charge in [0.25, 0.3) is 0 Å². The van der Waals surface area contributed by atoms with Gasteiger partial charge in [-0.3, -0.25) is 0 Å². The van der Waals surface area contributed by atoms with Crippen molar-refractivity contribution in [3.8, 4) is 5.75 Å². The maximum Gasteiger partial charge on any atom is 0.191 e. The molecule has 0 radical (unpaired) electrons. The Morgan fingerprint density at radius 3 is 2.96 bits per heavy atom. The largest absolute Gasteiger partial charge is 0.493 e. The number of guanidine groups is 1. The molecule has 0 unspecified atom stereocenters. The number of nitrogens with zero attached hydrogens (tertiary/aromatic N) is 3. The third-order valence-electron chi connectivity index (χ3n) is 5.06. The van der Waals surface area contributed by atoms with E-state index in [2.05, 4.69) is 46.4 Å². The first kappa shape index (κ1) is 18.3. The molecule has 6 heteroatoms. The lowest BCUT2D eigenvalue weighted by Crippen LogP contribution is -2.38. The zero-order chi connectivity index (χ0) is 19.3. The molecule has 146 valence electrons. The molecule has 2 N–H and O–H groups in total. The number of imidazole rings is 1. The molecule has 2 heterocycles. The van der Waals surface area contributed by atoms with Gasteiger partial charge in [-0.2, -0.15) is 0 Å². The minimum atomic E-state index is 0.538. The van der Waals surface area contributed by atoms with Gasteiger partial charge in [0.1, 0.15) is 18.1 Å². The van der Waals surface area contributed by atoms with Gasteiger partial charge in [-0.15, -0.1) is 0 Å². The molecule has 1 aromatic heterocycles. The standard InChI is InChI=1S/C22H27N5O/c1-3-23-22(24-12-10-16-8-9-20-17(14-16)11-13-28-20)25-15-21-26-18-6-4-5-7-19(18)27(21)2/h4-9,14H,3,10-13,15H2,1-2H3,(H2,23,24,25). The van der Waals surface area contributed by atoms with E-state index in [1.807, 2.05) is 25.2 Å². The van der Waals surface area contributed by atoms with Crippen LogP contribution in [0.3, 0.4) is 0 Å². The highest BCUT2D eigenvalue weighted by molar-refractivity contribution is 5.80. The SMILES string of the molecule is CCNC(=NCc1nc2ccccc2n1C)NCCc1ccc2c(c1)CCO2. The van der Waals surface area contributed by atoms with Gasteiger partial charge in [0, 0.05) is 26.6 Å². The number of aryl methyl sites for hydroxylation is 1. The first-order valence-corrected chi connectivity index (χ1v) is 9.91. The van der Waals surface area contributed by atoms with Gasteiger partial charge in [-0.05, 0) is 42.7 Å². The van der Waals surface area contributed by atoms with Crippen molar-refractivity contribution in [1.29, 1.82) is 0 Å². The molecule has 0 bridgehead atoms. The summed E-state index contributed by atoms with van der Waals surface area (Å²) in [7, 11) is 2.04. The van der Waals surface area contributed by atoms with Gasteiger partial charge in [0.05, 0.1) is 17.6 Å². The van der Waals surface area contributed by atoms with Gasteiger partial charge in [-0.25, -0.2) is 9.98 Å². The number of rotatable bonds is 6. The average Bonchev–Trinajstić information content (AvgIpc) is 3.30.